The number of nitrogens with one attached hydrogen (secondary N) is 1. The molecule has 2 atom stereocenters. The zero-order valence-electron chi connectivity index (χ0n) is 11.4. The highest BCUT2D eigenvalue weighted by atomic mass is 16.5. The maximum absolute atomic E-state index is 11.8. The van der Waals surface area contributed by atoms with E-state index in [1.165, 1.54) is 7.11 Å². The lowest BCUT2D eigenvalue weighted by atomic mass is 10.1. The minimum atomic E-state index is -1.07. The molecule has 110 valence electrons. The van der Waals surface area contributed by atoms with Crippen LogP contribution in [-0.4, -0.2) is 42.8 Å². The number of ether oxygens (including phenoxy) is 1. The van der Waals surface area contributed by atoms with E-state index in [0.29, 0.717) is 0 Å². The third-order valence-corrected chi connectivity index (χ3v) is 2.93. The second-order valence-corrected chi connectivity index (χ2v) is 4.45. The van der Waals surface area contributed by atoms with Gasteiger partial charge in [0, 0.05) is 20.1 Å². The Kier molecular flexibility index (Phi) is 6.69. The van der Waals surface area contributed by atoms with Gasteiger partial charge in [0.1, 0.15) is 6.04 Å². The summed E-state index contributed by atoms with van der Waals surface area (Å²) >= 11 is 0. The highest BCUT2D eigenvalue weighted by molar-refractivity contribution is 5.84. The van der Waals surface area contributed by atoms with Crippen LogP contribution in [0.5, 0.6) is 0 Å². The van der Waals surface area contributed by atoms with Gasteiger partial charge in [0.2, 0.25) is 5.91 Å². The van der Waals surface area contributed by atoms with Gasteiger partial charge in [-0.05, 0) is 5.56 Å². The molecule has 0 heterocycles. The van der Waals surface area contributed by atoms with Crippen molar-refractivity contribution < 1.29 is 19.4 Å². The van der Waals surface area contributed by atoms with Crippen LogP contribution in [0.2, 0.25) is 0 Å². The zero-order chi connectivity index (χ0) is 15.0. The summed E-state index contributed by atoms with van der Waals surface area (Å²) in [6, 6.07) is 8.18. The Morgan fingerprint density at radius 3 is 2.50 bits per heavy atom. The van der Waals surface area contributed by atoms with Crippen LogP contribution in [0.4, 0.5) is 0 Å². The van der Waals surface area contributed by atoms with Crippen molar-refractivity contribution in [1.29, 1.82) is 0 Å². The zero-order valence-corrected chi connectivity index (χ0v) is 11.4. The van der Waals surface area contributed by atoms with Crippen LogP contribution in [-0.2, 0) is 20.7 Å². The molecular weight excluding hydrogens is 260 g/mol. The van der Waals surface area contributed by atoms with Crippen LogP contribution < -0.4 is 11.1 Å². The van der Waals surface area contributed by atoms with E-state index < -0.39 is 18.1 Å². The molecule has 1 unspecified atom stereocenters. The first-order valence-electron chi connectivity index (χ1n) is 6.35. The minimum Gasteiger partial charge on any atom is -0.480 e. The molecule has 0 saturated carbocycles. The van der Waals surface area contributed by atoms with Crippen LogP contribution in [0.3, 0.4) is 0 Å². The molecule has 0 saturated heterocycles. The van der Waals surface area contributed by atoms with E-state index in [4.69, 9.17) is 15.6 Å². The summed E-state index contributed by atoms with van der Waals surface area (Å²) in [5.74, 6) is -1.45. The monoisotopic (exact) mass is 280 g/mol. The summed E-state index contributed by atoms with van der Waals surface area (Å²) in [5.41, 5.74) is 6.27. The molecule has 1 rings (SSSR count). The second-order valence-electron chi connectivity index (χ2n) is 4.45. The summed E-state index contributed by atoms with van der Waals surface area (Å²) in [5, 5.41) is 11.7. The second kappa shape index (κ2) is 8.29. The van der Waals surface area contributed by atoms with Crippen molar-refractivity contribution in [1.82, 2.24) is 5.32 Å². The Bertz CT molecular complexity index is 432. The fourth-order valence-corrected chi connectivity index (χ4v) is 1.77. The molecule has 0 aliphatic heterocycles. The first kappa shape index (κ1) is 16.1. The van der Waals surface area contributed by atoms with E-state index in [1.807, 2.05) is 30.3 Å². The van der Waals surface area contributed by atoms with Gasteiger partial charge in [-0.2, -0.15) is 0 Å². The molecule has 0 aromatic heterocycles. The lowest BCUT2D eigenvalue weighted by Crippen LogP contribution is -2.44. The van der Waals surface area contributed by atoms with E-state index in [1.54, 1.807) is 0 Å². The number of aliphatic carboxylic acids is 1. The van der Waals surface area contributed by atoms with Crippen LogP contribution in [0.25, 0.3) is 0 Å². The van der Waals surface area contributed by atoms with Gasteiger partial charge in [-0.15, -0.1) is 0 Å². The van der Waals surface area contributed by atoms with Crippen molar-refractivity contribution >= 4 is 11.9 Å². The van der Waals surface area contributed by atoms with Crippen molar-refractivity contribution in [2.45, 2.75) is 25.0 Å². The molecule has 0 radical (unpaired) electrons. The number of hydrogen-bond donors (Lipinski definition) is 3. The standard InChI is InChI=1S/C14H20N2O4/c1-20-11(9-15)8-13(17)16-12(14(18)19)7-10-5-3-2-4-6-10/h2-6,11-12H,7-9,15H2,1H3,(H,16,17)(H,18,19)/t11?,12-/m1/s1. The van der Waals surface area contributed by atoms with E-state index in [-0.39, 0.29) is 25.3 Å². The topological polar surface area (TPSA) is 102 Å². The number of hydrogen-bond acceptors (Lipinski definition) is 4. The average molecular weight is 280 g/mol. The Morgan fingerprint density at radius 2 is 2.00 bits per heavy atom. The summed E-state index contributed by atoms with van der Waals surface area (Å²) in [6.45, 7) is 0.209. The number of rotatable bonds is 8. The van der Waals surface area contributed by atoms with Gasteiger partial charge in [-0.1, -0.05) is 30.3 Å². The van der Waals surface area contributed by atoms with Gasteiger partial charge in [0.05, 0.1) is 12.5 Å². The number of amides is 1. The Morgan fingerprint density at radius 1 is 1.35 bits per heavy atom. The van der Waals surface area contributed by atoms with Crippen molar-refractivity contribution in [2.75, 3.05) is 13.7 Å². The van der Waals surface area contributed by atoms with Gasteiger partial charge < -0.3 is 20.9 Å². The molecule has 1 aromatic carbocycles. The number of benzene rings is 1. The molecule has 4 N–H and O–H groups in total. The number of carbonyl (C=O) groups is 2. The van der Waals surface area contributed by atoms with Gasteiger partial charge >= 0.3 is 5.97 Å². The predicted molar refractivity (Wildman–Crippen MR) is 74.2 cm³/mol. The SMILES string of the molecule is COC(CN)CC(=O)N[C@H](Cc1ccccc1)C(=O)O. The van der Waals surface area contributed by atoms with Crippen molar-refractivity contribution in [3.63, 3.8) is 0 Å². The molecule has 6 heteroatoms. The summed E-state index contributed by atoms with van der Waals surface area (Å²) in [6.07, 6.45) is -0.116. The number of nitrogens with two attached hydrogens (primary N) is 1. The third kappa shape index (κ3) is 5.38. The van der Waals surface area contributed by atoms with Gasteiger partial charge in [-0.25, -0.2) is 4.79 Å². The molecular formula is C14H20N2O4. The van der Waals surface area contributed by atoms with Crippen molar-refractivity contribution in [3.05, 3.63) is 35.9 Å². The lowest BCUT2D eigenvalue weighted by Gasteiger charge is -2.17. The normalized spacial score (nSPS) is 13.5. The number of carboxylic acid groups (broad SMARTS) is 1. The van der Waals surface area contributed by atoms with E-state index >= 15 is 0 Å². The molecule has 20 heavy (non-hydrogen) atoms. The van der Waals surface area contributed by atoms with Crippen LogP contribution in [0, 0.1) is 0 Å². The van der Waals surface area contributed by atoms with Gasteiger partial charge in [0.25, 0.3) is 0 Å². The van der Waals surface area contributed by atoms with E-state index in [9.17, 15) is 9.59 Å². The highest BCUT2D eigenvalue weighted by Crippen LogP contribution is 2.04. The third-order valence-electron chi connectivity index (χ3n) is 2.93. The lowest BCUT2D eigenvalue weighted by molar-refractivity contribution is -0.142. The first-order chi connectivity index (χ1) is 9.56. The van der Waals surface area contributed by atoms with Crippen LogP contribution in [0.1, 0.15) is 12.0 Å². The molecule has 0 aliphatic rings. The smallest absolute Gasteiger partial charge is 0.326 e. The molecule has 0 bridgehead atoms. The highest BCUT2D eigenvalue weighted by Gasteiger charge is 2.21. The minimum absolute atomic E-state index is 0.0472. The summed E-state index contributed by atoms with van der Waals surface area (Å²) in [7, 11) is 1.46. The number of carbonyl (C=O) groups excluding carboxylic acids is 1. The van der Waals surface area contributed by atoms with Gasteiger partial charge in [-0.3, -0.25) is 4.79 Å². The first-order valence-corrected chi connectivity index (χ1v) is 6.35. The largest absolute Gasteiger partial charge is 0.480 e. The fraction of sp³-hybridized carbons (Fsp3) is 0.429. The Labute approximate surface area is 117 Å². The molecule has 0 spiro atoms. The van der Waals surface area contributed by atoms with E-state index in [2.05, 4.69) is 5.32 Å². The number of methoxy groups -OCH3 is 1. The van der Waals surface area contributed by atoms with Crippen molar-refractivity contribution in [2.24, 2.45) is 5.73 Å². The van der Waals surface area contributed by atoms with Crippen LogP contribution >= 0.6 is 0 Å². The maximum atomic E-state index is 11.8. The molecule has 1 aromatic rings. The maximum Gasteiger partial charge on any atom is 0.326 e. The average Bonchev–Trinajstić information content (AvgIpc) is 2.45. The van der Waals surface area contributed by atoms with Crippen molar-refractivity contribution in [3.8, 4) is 0 Å². The Balaban J connectivity index is 2.59. The summed E-state index contributed by atoms with van der Waals surface area (Å²) < 4.78 is 5.00. The molecule has 6 nitrogen and oxygen atoms in total. The molecule has 0 aliphatic carbocycles. The fourth-order valence-electron chi connectivity index (χ4n) is 1.77. The van der Waals surface area contributed by atoms with Gasteiger partial charge in [0.15, 0.2) is 0 Å². The summed E-state index contributed by atoms with van der Waals surface area (Å²) in [4.78, 5) is 23.0. The Hall–Kier alpha value is -1.92. The quantitative estimate of drug-likeness (QED) is 0.629. The molecule has 1 amide bonds. The number of carboxylic acids is 1. The predicted octanol–water partition coefficient (Wildman–Crippen LogP) is 0.162. The van der Waals surface area contributed by atoms with Crippen LogP contribution in [0.15, 0.2) is 30.3 Å². The molecule has 0 fully saturated rings. The van der Waals surface area contributed by atoms with E-state index in [0.717, 1.165) is 5.56 Å².